The van der Waals surface area contributed by atoms with Crippen molar-refractivity contribution in [2.75, 3.05) is 4.72 Å². The van der Waals surface area contributed by atoms with E-state index in [4.69, 9.17) is 23.2 Å². The molecule has 1 aromatic carbocycles. The van der Waals surface area contributed by atoms with Gasteiger partial charge in [-0.25, -0.2) is 13.4 Å². The van der Waals surface area contributed by atoms with Gasteiger partial charge in [0.25, 0.3) is 10.0 Å². The van der Waals surface area contributed by atoms with Gasteiger partial charge >= 0.3 is 0 Å². The molecule has 0 aliphatic carbocycles. The first-order chi connectivity index (χ1) is 9.95. The van der Waals surface area contributed by atoms with Crippen molar-refractivity contribution >= 4 is 49.9 Å². The van der Waals surface area contributed by atoms with Gasteiger partial charge in [-0.15, -0.1) is 0 Å². The van der Waals surface area contributed by atoms with E-state index in [-0.39, 0.29) is 15.9 Å². The monoisotopic (exact) mass is 341 g/mol. The molecule has 2 N–H and O–H groups in total. The molecule has 0 spiro atoms. The van der Waals surface area contributed by atoms with Crippen LogP contribution in [-0.2, 0) is 10.0 Å². The number of rotatable bonds is 3. The number of benzene rings is 1. The van der Waals surface area contributed by atoms with E-state index in [1.165, 1.54) is 12.3 Å². The van der Waals surface area contributed by atoms with Gasteiger partial charge in [-0.2, -0.15) is 0 Å². The number of fused-ring (bicyclic) bond motifs is 1. The van der Waals surface area contributed by atoms with Crippen molar-refractivity contribution in [1.82, 2.24) is 9.97 Å². The van der Waals surface area contributed by atoms with E-state index in [0.717, 1.165) is 0 Å². The molecule has 0 saturated heterocycles. The molecule has 2 aromatic heterocycles. The number of aromatic nitrogens is 2. The number of H-pyrrole nitrogens is 1. The molecule has 0 aliphatic heterocycles. The maximum absolute atomic E-state index is 12.4. The zero-order valence-electron chi connectivity index (χ0n) is 10.5. The fourth-order valence-corrected chi connectivity index (χ4v) is 3.47. The highest BCUT2D eigenvalue weighted by atomic mass is 35.5. The van der Waals surface area contributed by atoms with E-state index in [1.807, 2.05) is 0 Å². The lowest BCUT2D eigenvalue weighted by Gasteiger charge is -2.06. The molecule has 5 nitrogen and oxygen atoms in total. The van der Waals surface area contributed by atoms with Crippen LogP contribution in [0.25, 0.3) is 10.9 Å². The van der Waals surface area contributed by atoms with E-state index in [0.29, 0.717) is 15.9 Å². The summed E-state index contributed by atoms with van der Waals surface area (Å²) in [5, 5.41) is 1.28. The van der Waals surface area contributed by atoms with Crippen molar-refractivity contribution in [1.29, 1.82) is 0 Å². The summed E-state index contributed by atoms with van der Waals surface area (Å²) in [6.07, 6.45) is 1.41. The Morgan fingerprint density at radius 1 is 1.14 bits per heavy atom. The first-order valence-electron chi connectivity index (χ1n) is 5.88. The zero-order chi connectivity index (χ0) is 15.0. The van der Waals surface area contributed by atoms with Crippen molar-refractivity contribution in [3.8, 4) is 0 Å². The van der Waals surface area contributed by atoms with Crippen molar-refractivity contribution in [2.45, 2.75) is 4.90 Å². The molecule has 0 atom stereocenters. The summed E-state index contributed by atoms with van der Waals surface area (Å²) in [4.78, 5) is 6.91. The van der Waals surface area contributed by atoms with Crippen LogP contribution in [0.15, 0.2) is 47.5 Å². The smallest absolute Gasteiger partial charge is 0.265 e. The summed E-state index contributed by atoms with van der Waals surface area (Å²) in [7, 11) is -3.77. The maximum Gasteiger partial charge on any atom is 0.265 e. The summed E-state index contributed by atoms with van der Waals surface area (Å²) in [6, 6.07) is 9.64. The molecule has 108 valence electrons. The predicted octanol–water partition coefficient (Wildman–Crippen LogP) is 3.67. The lowest BCUT2D eigenvalue weighted by Crippen LogP contribution is -2.13. The number of nitrogens with one attached hydrogen (secondary N) is 2. The Bertz CT molecular complexity index is 922. The molecular formula is C13H9Cl2N3O2S. The Morgan fingerprint density at radius 2 is 1.95 bits per heavy atom. The van der Waals surface area contributed by atoms with E-state index >= 15 is 0 Å². The minimum absolute atomic E-state index is 0.121. The lowest BCUT2D eigenvalue weighted by atomic mass is 10.2. The van der Waals surface area contributed by atoms with Gasteiger partial charge in [-0.05, 0) is 30.3 Å². The van der Waals surface area contributed by atoms with Crippen LogP contribution in [0.2, 0.25) is 10.2 Å². The molecule has 3 aromatic rings. The quantitative estimate of drug-likeness (QED) is 0.713. The fraction of sp³-hybridized carbons (Fsp3) is 0. The van der Waals surface area contributed by atoms with Crippen LogP contribution in [-0.4, -0.2) is 18.4 Å². The Morgan fingerprint density at radius 3 is 2.71 bits per heavy atom. The third kappa shape index (κ3) is 2.83. The molecule has 0 amide bonds. The third-order valence-electron chi connectivity index (χ3n) is 2.85. The Balaban J connectivity index is 2.04. The van der Waals surface area contributed by atoms with Crippen LogP contribution in [0.5, 0.6) is 0 Å². The van der Waals surface area contributed by atoms with Gasteiger partial charge in [-0.3, -0.25) is 4.72 Å². The second-order valence-electron chi connectivity index (χ2n) is 4.29. The molecule has 0 bridgehead atoms. The molecule has 0 unspecified atom stereocenters. The standard InChI is InChI=1S/C13H9Cl2N3O2S/c14-8-4-5-9-10(6-8)16-7-11(9)21(19,20)18-13-3-1-2-12(15)17-13/h1-7,16H,(H,17,18). The van der Waals surface area contributed by atoms with Crippen LogP contribution in [0.3, 0.4) is 0 Å². The Labute approximate surface area is 131 Å². The van der Waals surface area contributed by atoms with Gasteiger partial charge in [-0.1, -0.05) is 29.3 Å². The van der Waals surface area contributed by atoms with Crippen molar-refractivity contribution in [3.63, 3.8) is 0 Å². The van der Waals surface area contributed by atoms with Crippen molar-refractivity contribution < 1.29 is 8.42 Å². The highest BCUT2D eigenvalue weighted by Gasteiger charge is 2.19. The number of hydrogen-bond donors (Lipinski definition) is 2. The molecule has 0 saturated carbocycles. The molecule has 0 aliphatic rings. The topological polar surface area (TPSA) is 74.8 Å². The molecule has 3 rings (SSSR count). The number of sulfonamides is 1. The SMILES string of the molecule is O=S(=O)(Nc1cccc(Cl)n1)c1c[nH]c2cc(Cl)ccc12. The lowest BCUT2D eigenvalue weighted by molar-refractivity contribution is 0.602. The number of halogens is 2. The number of anilines is 1. The highest BCUT2D eigenvalue weighted by Crippen LogP contribution is 2.26. The van der Waals surface area contributed by atoms with Crippen LogP contribution in [0, 0.1) is 0 Å². The summed E-state index contributed by atoms with van der Waals surface area (Å²) in [5.74, 6) is 0.158. The van der Waals surface area contributed by atoms with Crippen molar-refractivity contribution in [3.05, 3.63) is 52.8 Å². The van der Waals surface area contributed by atoms with Crippen LogP contribution >= 0.6 is 23.2 Å². The minimum atomic E-state index is -3.77. The summed E-state index contributed by atoms with van der Waals surface area (Å²) in [6.45, 7) is 0. The van der Waals surface area contributed by atoms with E-state index in [9.17, 15) is 8.42 Å². The first-order valence-corrected chi connectivity index (χ1v) is 8.12. The van der Waals surface area contributed by atoms with Gasteiger partial charge in [0.15, 0.2) is 0 Å². The van der Waals surface area contributed by atoms with Gasteiger partial charge in [0, 0.05) is 22.1 Å². The highest BCUT2D eigenvalue weighted by molar-refractivity contribution is 7.93. The van der Waals surface area contributed by atoms with Crippen LogP contribution < -0.4 is 4.72 Å². The van der Waals surface area contributed by atoms with Crippen LogP contribution in [0.4, 0.5) is 5.82 Å². The average molecular weight is 342 g/mol. The summed E-state index contributed by atoms with van der Waals surface area (Å²) < 4.78 is 27.2. The number of pyridine rings is 1. The normalized spacial score (nSPS) is 11.7. The number of aromatic amines is 1. The molecule has 21 heavy (non-hydrogen) atoms. The summed E-state index contributed by atoms with van der Waals surface area (Å²) in [5.41, 5.74) is 0.641. The minimum Gasteiger partial charge on any atom is -0.360 e. The fourth-order valence-electron chi connectivity index (χ4n) is 1.95. The summed E-state index contributed by atoms with van der Waals surface area (Å²) >= 11 is 11.6. The van der Waals surface area contributed by atoms with Gasteiger partial charge < -0.3 is 4.98 Å². The predicted molar refractivity (Wildman–Crippen MR) is 83.4 cm³/mol. The second-order valence-corrected chi connectivity index (χ2v) is 6.77. The maximum atomic E-state index is 12.4. The third-order valence-corrected chi connectivity index (χ3v) is 4.69. The van der Waals surface area contributed by atoms with Gasteiger partial charge in [0.1, 0.15) is 15.9 Å². The van der Waals surface area contributed by atoms with Gasteiger partial charge in [0.05, 0.1) is 0 Å². The molecular weight excluding hydrogens is 333 g/mol. The average Bonchev–Trinajstić information content (AvgIpc) is 2.81. The molecule has 0 radical (unpaired) electrons. The molecule has 8 heteroatoms. The zero-order valence-corrected chi connectivity index (χ0v) is 12.8. The number of nitrogens with zero attached hydrogens (tertiary/aromatic N) is 1. The van der Waals surface area contributed by atoms with Crippen molar-refractivity contribution in [2.24, 2.45) is 0 Å². The van der Waals surface area contributed by atoms with Crippen LogP contribution in [0.1, 0.15) is 0 Å². The molecule has 0 fully saturated rings. The first kappa shape index (κ1) is 14.2. The van der Waals surface area contributed by atoms with Gasteiger partial charge in [0.2, 0.25) is 0 Å². The van der Waals surface area contributed by atoms with E-state index in [2.05, 4.69) is 14.7 Å². The largest absolute Gasteiger partial charge is 0.360 e. The number of hydrogen-bond acceptors (Lipinski definition) is 3. The second kappa shape index (κ2) is 5.22. The van der Waals surface area contributed by atoms with E-state index < -0.39 is 10.0 Å². The molecule has 2 heterocycles. The Hall–Kier alpha value is -1.76. The van der Waals surface area contributed by atoms with E-state index in [1.54, 1.807) is 30.3 Å². The Kier molecular flexibility index (Phi) is 3.52.